The summed E-state index contributed by atoms with van der Waals surface area (Å²) in [5.74, 6) is 0.413. The van der Waals surface area contributed by atoms with E-state index >= 15 is 0 Å². The van der Waals surface area contributed by atoms with Crippen LogP contribution in [0.15, 0.2) is 30.7 Å². The molecule has 1 aliphatic carbocycles. The molecule has 0 unspecified atom stereocenters. The number of ether oxygens (including phenoxy) is 1. The summed E-state index contributed by atoms with van der Waals surface area (Å²) in [6.07, 6.45) is 9.68. The molecule has 1 aliphatic heterocycles. The van der Waals surface area contributed by atoms with Crippen molar-refractivity contribution >= 4 is 5.91 Å². The van der Waals surface area contributed by atoms with Crippen LogP contribution in [-0.2, 0) is 11.3 Å². The molecule has 3 atom stereocenters. The molecule has 1 saturated heterocycles. The Bertz CT molecular complexity index is 762. The third-order valence-corrected chi connectivity index (χ3v) is 5.27. The number of rotatable bonds is 7. The van der Waals surface area contributed by atoms with Gasteiger partial charge < -0.3 is 15.2 Å². The van der Waals surface area contributed by atoms with Crippen LogP contribution in [0.5, 0.6) is 0 Å². The molecule has 2 N–H and O–H groups in total. The van der Waals surface area contributed by atoms with Gasteiger partial charge in [0.05, 0.1) is 30.0 Å². The smallest absolute Gasteiger partial charge is 0.253 e. The highest BCUT2D eigenvalue weighted by Gasteiger charge is 2.32. The van der Waals surface area contributed by atoms with Crippen molar-refractivity contribution < 1.29 is 14.6 Å². The van der Waals surface area contributed by atoms with Crippen LogP contribution in [0.2, 0.25) is 0 Å². The summed E-state index contributed by atoms with van der Waals surface area (Å²) >= 11 is 0. The Morgan fingerprint density at radius 2 is 2.22 bits per heavy atom. The highest BCUT2D eigenvalue weighted by atomic mass is 16.5. The van der Waals surface area contributed by atoms with E-state index in [0.29, 0.717) is 11.5 Å². The van der Waals surface area contributed by atoms with Crippen LogP contribution in [0, 0.1) is 0 Å². The highest BCUT2D eigenvalue weighted by Crippen LogP contribution is 2.38. The standard InChI is InChI=1S/C19H25N5O3/c25-12-18-16(21-19(26)14-2-1-8-20-10-14)6-5-15(27-18)7-9-24-11-17(22-23-24)13-3-4-13/h1-2,8,10-11,13,15-16,18,25H,3-7,9,12H2,(H,21,26)/t15-,16-,18+/m1/s1. The van der Waals surface area contributed by atoms with Gasteiger partial charge in [0, 0.05) is 31.1 Å². The zero-order valence-electron chi connectivity index (χ0n) is 15.2. The van der Waals surface area contributed by atoms with Crippen LogP contribution < -0.4 is 5.32 Å². The maximum absolute atomic E-state index is 12.3. The largest absolute Gasteiger partial charge is 0.394 e. The Morgan fingerprint density at radius 1 is 1.33 bits per heavy atom. The summed E-state index contributed by atoms with van der Waals surface area (Å²) in [6, 6.07) is 3.24. The lowest BCUT2D eigenvalue weighted by Gasteiger charge is -2.36. The SMILES string of the molecule is O=C(N[C@@H]1CC[C@H](CCn2cc(C3CC3)nn2)O[C@H]1CO)c1cccnc1. The van der Waals surface area contributed by atoms with Gasteiger partial charge in [-0.05, 0) is 44.2 Å². The molecule has 144 valence electrons. The quantitative estimate of drug-likeness (QED) is 0.760. The number of carbonyl (C=O) groups excluding carboxylic acids is 1. The number of amides is 1. The van der Waals surface area contributed by atoms with Crippen molar-refractivity contribution in [2.45, 2.75) is 62.8 Å². The van der Waals surface area contributed by atoms with Gasteiger partial charge in [-0.1, -0.05) is 5.21 Å². The van der Waals surface area contributed by atoms with E-state index in [9.17, 15) is 9.90 Å². The lowest BCUT2D eigenvalue weighted by molar-refractivity contribution is -0.0912. The summed E-state index contributed by atoms with van der Waals surface area (Å²) in [7, 11) is 0. The number of hydrogen-bond acceptors (Lipinski definition) is 6. The highest BCUT2D eigenvalue weighted by molar-refractivity contribution is 5.94. The first-order chi connectivity index (χ1) is 13.2. The molecule has 2 aliphatic rings. The van der Waals surface area contributed by atoms with Gasteiger partial charge in [0.1, 0.15) is 6.10 Å². The number of carbonyl (C=O) groups is 1. The van der Waals surface area contributed by atoms with E-state index in [0.717, 1.165) is 31.5 Å². The molecule has 2 fully saturated rings. The molecule has 0 radical (unpaired) electrons. The van der Waals surface area contributed by atoms with Crippen molar-refractivity contribution in [2.24, 2.45) is 0 Å². The molecular formula is C19H25N5O3. The molecular weight excluding hydrogens is 346 g/mol. The zero-order valence-corrected chi connectivity index (χ0v) is 15.2. The molecule has 1 amide bonds. The van der Waals surface area contributed by atoms with Crippen molar-refractivity contribution in [3.8, 4) is 0 Å². The first-order valence-electron chi connectivity index (χ1n) is 9.60. The first-order valence-corrected chi connectivity index (χ1v) is 9.60. The lowest BCUT2D eigenvalue weighted by Crippen LogP contribution is -2.51. The Morgan fingerprint density at radius 3 is 2.96 bits per heavy atom. The normalized spacial score (nSPS) is 25.3. The molecule has 27 heavy (non-hydrogen) atoms. The van der Waals surface area contributed by atoms with E-state index in [1.165, 1.54) is 19.0 Å². The molecule has 0 bridgehead atoms. The van der Waals surface area contributed by atoms with Crippen molar-refractivity contribution in [1.82, 2.24) is 25.3 Å². The van der Waals surface area contributed by atoms with Crippen molar-refractivity contribution in [3.63, 3.8) is 0 Å². The van der Waals surface area contributed by atoms with Gasteiger partial charge in [0.15, 0.2) is 0 Å². The summed E-state index contributed by atoms with van der Waals surface area (Å²) < 4.78 is 7.91. The van der Waals surface area contributed by atoms with Crippen LogP contribution in [0.4, 0.5) is 0 Å². The second-order valence-corrected chi connectivity index (χ2v) is 7.35. The predicted octanol–water partition coefficient (Wildman–Crippen LogP) is 1.28. The van der Waals surface area contributed by atoms with Crippen molar-refractivity contribution in [3.05, 3.63) is 42.0 Å². The number of pyridine rings is 1. The predicted molar refractivity (Wildman–Crippen MR) is 97.1 cm³/mol. The van der Waals surface area contributed by atoms with E-state index in [1.807, 2.05) is 10.9 Å². The van der Waals surface area contributed by atoms with Crippen molar-refractivity contribution in [2.75, 3.05) is 6.61 Å². The van der Waals surface area contributed by atoms with Crippen LogP contribution in [0.3, 0.4) is 0 Å². The Labute approximate surface area is 157 Å². The zero-order chi connectivity index (χ0) is 18.6. The fourth-order valence-corrected chi connectivity index (χ4v) is 3.52. The van der Waals surface area contributed by atoms with Gasteiger partial charge in [-0.3, -0.25) is 14.5 Å². The monoisotopic (exact) mass is 371 g/mol. The number of hydrogen-bond donors (Lipinski definition) is 2. The van der Waals surface area contributed by atoms with Crippen LogP contribution in [-0.4, -0.2) is 55.8 Å². The molecule has 8 nitrogen and oxygen atoms in total. The van der Waals surface area contributed by atoms with Crippen molar-refractivity contribution in [1.29, 1.82) is 0 Å². The fourth-order valence-electron chi connectivity index (χ4n) is 3.52. The number of nitrogens with zero attached hydrogens (tertiary/aromatic N) is 4. The van der Waals surface area contributed by atoms with Crippen LogP contribution >= 0.6 is 0 Å². The maximum Gasteiger partial charge on any atom is 0.253 e. The minimum Gasteiger partial charge on any atom is -0.394 e. The van der Waals surface area contributed by atoms with Gasteiger partial charge in [-0.25, -0.2) is 0 Å². The van der Waals surface area contributed by atoms with Gasteiger partial charge in [0.25, 0.3) is 5.91 Å². The first kappa shape index (κ1) is 18.1. The van der Waals surface area contributed by atoms with E-state index in [-0.39, 0.29) is 24.7 Å². The van der Waals surface area contributed by atoms with Gasteiger partial charge >= 0.3 is 0 Å². The second-order valence-electron chi connectivity index (χ2n) is 7.35. The molecule has 3 heterocycles. The fraction of sp³-hybridized carbons (Fsp3) is 0.579. The molecule has 2 aromatic heterocycles. The average molecular weight is 371 g/mol. The minimum atomic E-state index is -0.401. The van der Waals surface area contributed by atoms with Crippen LogP contribution in [0.1, 0.15) is 54.1 Å². The molecule has 8 heteroatoms. The third-order valence-electron chi connectivity index (χ3n) is 5.27. The lowest BCUT2D eigenvalue weighted by atomic mass is 9.97. The molecule has 0 spiro atoms. The number of nitrogens with one attached hydrogen (secondary N) is 1. The number of aromatic nitrogens is 4. The topological polar surface area (TPSA) is 102 Å². The summed E-state index contributed by atoms with van der Waals surface area (Å²) in [5.41, 5.74) is 1.60. The van der Waals surface area contributed by atoms with E-state index in [4.69, 9.17) is 4.74 Å². The second kappa shape index (κ2) is 8.14. The Hall–Kier alpha value is -2.32. The van der Waals surface area contributed by atoms with Gasteiger partial charge in [-0.2, -0.15) is 0 Å². The van der Waals surface area contributed by atoms with E-state index < -0.39 is 6.10 Å². The maximum atomic E-state index is 12.3. The summed E-state index contributed by atoms with van der Waals surface area (Å²) in [6.45, 7) is 0.624. The van der Waals surface area contributed by atoms with Crippen LogP contribution in [0.25, 0.3) is 0 Å². The Balaban J connectivity index is 1.27. The number of aryl methyl sites for hydroxylation is 1. The average Bonchev–Trinajstić information content (AvgIpc) is 3.46. The van der Waals surface area contributed by atoms with Gasteiger partial charge in [-0.15, -0.1) is 5.10 Å². The van der Waals surface area contributed by atoms with E-state index in [1.54, 1.807) is 18.3 Å². The minimum absolute atomic E-state index is 0.0438. The number of aliphatic hydroxyl groups excluding tert-OH is 1. The van der Waals surface area contributed by atoms with Gasteiger partial charge in [0.2, 0.25) is 0 Å². The molecule has 4 rings (SSSR count). The Kier molecular flexibility index (Phi) is 5.45. The molecule has 1 saturated carbocycles. The number of aliphatic hydroxyl groups is 1. The molecule has 0 aromatic carbocycles. The third kappa shape index (κ3) is 4.51. The summed E-state index contributed by atoms with van der Waals surface area (Å²) in [4.78, 5) is 16.3. The molecule has 2 aromatic rings. The van der Waals surface area contributed by atoms with E-state index in [2.05, 4.69) is 20.6 Å². The summed E-state index contributed by atoms with van der Waals surface area (Å²) in [5, 5.41) is 21.1.